The summed E-state index contributed by atoms with van der Waals surface area (Å²) in [6.07, 6.45) is 0. The maximum Gasteiger partial charge on any atom is 2.00 e. The Hall–Kier alpha value is 1.73. The summed E-state index contributed by atoms with van der Waals surface area (Å²) in [5, 5.41) is 2.08. The number of rotatable bonds is 0. The summed E-state index contributed by atoms with van der Waals surface area (Å²) in [7, 11) is 1.97. The smallest absolute Gasteiger partial charge is 1.00 e. The predicted octanol–water partition coefficient (Wildman–Crippen LogP) is -0.867. The summed E-state index contributed by atoms with van der Waals surface area (Å²) in [6.45, 7) is 0. The second-order valence-electron chi connectivity index (χ2n) is 0.509. The van der Waals surface area contributed by atoms with E-state index >= 15 is 0 Å². The van der Waals surface area contributed by atoms with Crippen molar-refractivity contribution in [1.82, 2.24) is 5.09 Å². The fraction of sp³-hybridized carbons (Fsp3) is 0. The first-order valence-corrected chi connectivity index (χ1v) is 1.61. The van der Waals surface area contributed by atoms with Crippen LogP contribution in [0.5, 0.6) is 0 Å². The van der Waals surface area contributed by atoms with E-state index in [0.717, 1.165) is 0 Å². The van der Waals surface area contributed by atoms with Crippen molar-refractivity contribution in [2.75, 3.05) is 0 Å². The third-order valence-corrected chi connectivity index (χ3v) is 0.427. The molecule has 1 atom stereocenters. The Kier molecular flexibility index (Phi) is 24.2. The van der Waals surface area contributed by atoms with Crippen molar-refractivity contribution in [3.05, 3.63) is 0 Å². The summed E-state index contributed by atoms with van der Waals surface area (Å²) >= 11 is 0. The minimum Gasteiger partial charge on any atom is -1.00 e. The van der Waals surface area contributed by atoms with Crippen molar-refractivity contribution in [3.8, 4) is 0 Å². The predicted molar refractivity (Wildman–Crippen MR) is 38.4 cm³/mol. The monoisotopic (exact) mass is 160 g/mol. The fourth-order valence-electron chi connectivity index (χ4n) is 0. The van der Waals surface area contributed by atoms with Crippen molar-refractivity contribution in [1.29, 1.82) is 0 Å². The van der Waals surface area contributed by atoms with Crippen LogP contribution >= 0.6 is 9.39 Å². The Morgan fingerprint density at radius 1 is 1.86 bits per heavy atom. The molecule has 6 heteroatoms. The number of nitrogens with two attached hydrogens (primary N) is 1. The number of hydrogen-bond donors (Lipinski definition) is 2. The molecule has 3 N–H and O–H groups in total. The van der Waals surface area contributed by atoms with Gasteiger partial charge in [0.2, 0.25) is 0 Å². The normalized spacial score (nSPS) is 4.71. The minimum atomic E-state index is -0.532. The van der Waals surface area contributed by atoms with Crippen LogP contribution in [0.15, 0.2) is 0 Å². The Balaban J connectivity index is -0.00000000533. The molecule has 7 heavy (non-hydrogen) atoms. The van der Waals surface area contributed by atoms with E-state index in [0.29, 0.717) is 0 Å². The number of amides is 2. The molecular weight excluding hydrogens is 151 g/mol. The molecule has 38 valence electrons. The second-order valence-corrected chi connectivity index (χ2v) is 0.797. The van der Waals surface area contributed by atoms with Gasteiger partial charge in [0.15, 0.2) is 0 Å². The zero-order valence-corrected chi connectivity index (χ0v) is 8.75. The van der Waals surface area contributed by atoms with Crippen molar-refractivity contribution in [3.63, 3.8) is 0 Å². The van der Waals surface area contributed by atoms with Crippen LogP contribution in [-0.2, 0) is 0 Å². The Bertz CT molecular complexity index is 63.4. The van der Waals surface area contributed by atoms with Gasteiger partial charge in [0, 0.05) is 0 Å². The molecule has 0 spiro atoms. The topological polar surface area (TPSA) is 55.1 Å². The van der Waals surface area contributed by atoms with Crippen LogP contribution in [0.4, 0.5) is 4.79 Å². The standard InChI is InChI=1S/CH5N2OP.Ca.Mg.4H/c2-1(4)3-5;;;;;;/h5H2,(H3,2,3,4);;;;;;/q;2*+2;4*-1. The largest absolute Gasteiger partial charge is 2.00 e. The van der Waals surface area contributed by atoms with E-state index in [1.807, 2.05) is 9.39 Å². The summed E-state index contributed by atoms with van der Waals surface area (Å²) in [6, 6.07) is -0.532. The third-order valence-electron chi connectivity index (χ3n) is 0.142. The molecule has 0 aliphatic rings. The second kappa shape index (κ2) is 10.7. The van der Waals surface area contributed by atoms with Gasteiger partial charge >= 0.3 is 66.8 Å². The molecule has 0 saturated carbocycles. The van der Waals surface area contributed by atoms with E-state index in [4.69, 9.17) is 0 Å². The SMILES string of the molecule is NC(=O)NP.[Ca+2].[H-].[H-].[H-].[H-].[Mg+2]. The molecule has 0 radical (unpaired) electrons. The Morgan fingerprint density at radius 3 is 2.00 bits per heavy atom. The van der Waals surface area contributed by atoms with Gasteiger partial charge < -0.3 is 16.5 Å². The van der Waals surface area contributed by atoms with Gasteiger partial charge in [-0.1, -0.05) is 0 Å². The fourth-order valence-corrected chi connectivity index (χ4v) is 0. The molecular formula is CH9CaMgN2OP. The molecule has 0 aliphatic carbocycles. The van der Waals surface area contributed by atoms with Crippen LogP contribution in [0, 0.1) is 0 Å². The first-order chi connectivity index (χ1) is 2.27. The molecule has 0 aromatic carbocycles. The van der Waals surface area contributed by atoms with E-state index < -0.39 is 6.03 Å². The average molecular weight is 160 g/mol. The van der Waals surface area contributed by atoms with Crippen LogP contribution in [0.1, 0.15) is 5.71 Å². The summed E-state index contributed by atoms with van der Waals surface area (Å²) < 4.78 is 0. The van der Waals surface area contributed by atoms with Gasteiger partial charge in [0.1, 0.15) is 0 Å². The average Bonchev–Trinajstić information content (AvgIpc) is 1.38. The van der Waals surface area contributed by atoms with Gasteiger partial charge in [-0.25, -0.2) is 4.79 Å². The van der Waals surface area contributed by atoms with Crippen LogP contribution < -0.4 is 10.8 Å². The number of carbonyl (C=O) groups excluding carboxylic acids is 1. The molecule has 0 bridgehead atoms. The number of nitrogens with one attached hydrogen (secondary N) is 1. The molecule has 0 fully saturated rings. The molecule has 2 amide bonds. The van der Waals surface area contributed by atoms with Crippen LogP contribution in [0.25, 0.3) is 0 Å². The Labute approximate surface area is 96.5 Å². The summed E-state index contributed by atoms with van der Waals surface area (Å²) in [5.74, 6) is 0. The zero-order chi connectivity index (χ0) is 4.28. The first kappa shape index (κ1) is 15.9. The van der Waals surface area contributed by atoms with Crippen molar-refractivity contribution >= 4 is 76.2 Å². The quantitative estimate of drug-likeness (QED) is 0.351. The maximum absolute atomic E-state index is 9.46. The summed E-state index contributed by atoms with van der Waals surface area (Å²) in [4.78, 5) is 9.46. The molecule has 0 rings (SSSR count). The van der Waals surface area contributed by atoms with Crippen LogP contribution in [0.3, 0.4) is 0 Å². The number of carbonyl (C=O) groups is 1. The van der Waals surface area contributed by atoms with E-state index in [1.165, 1.54) is 0 Å². The van der Waals surface area contributed by atoms with E-state index in [-0.39, 0.29) is 66.5 Å². The van der Waals surface area contributed by atoms with Gasteiger partial charge in [0.25, 0.3) is 0 Å². The summed E-state index contributed by atoms with van der Waals surface area (Å²) in [5.41, 5.74) is 4.52. The molecule has 0 aliphatic heterocycles. The number of primary amides is 1. The van der Waals surface area contributed by atoms with Gasteiger partial charge in [-0.15, -0.1) is 0 Å². The van der Waals surface area contributed by atoms with Gasteiger partial charge in [0.05, 0.1) is 0 Å². The van der Waals surface area contributed by atoms with Gasteiger partial charge in [-0.2, -0.15) is 0 Å². The number of urea groups is 1. The van der Waals surface area contributed by atoms with Crippen LogP contribution in [0.2, 0.25) is 0 Å². The Morgan fingerprint density at radius 2 is 2.00 bits per heavy atom. The molecule has 1 unspecified atom stereocenters. The van der Waals surface area contributed by atoms with Crippen LogP contribution in [-0.4, -0.2) is 66.8 Å². The van der Waals surface area contributed by atoms with E-state index in [9.17, 15) is 4.79 Å². The van der Waals surface area contributed by atoms with E-state index in [2.05, 4.69) is 10.8 Å². The molecule has 0 aromatic rings. The molecule has 3 nitrogen and oxygen atoms in total. The van der Waals surface area contributed by atoms with Crippen molar-refractivity contribution < 1.29 is 10.5 Å². The van der Waals surface area contributed by atoms with E-state index in [1.54, 1.807) is 0 Å². The molecule has 0 heterocycles. The first-order valence-electron chi connectivity index (χ1n) is 1.03. The van der Waals surface area contributed by atoms with Gasteiger partial charge in [-0.3, -0.25) is 0 Å². The maximum atomic E-state index is 9.46. The molecule has 0 aromatic heterocycles. The number of hydrogen-bond acceptors (Lipinski definition) is 1. The van der Waals surface area contributed by atoms with Crippen molar-refractivity contribution in [2.24, 2.45) is 5.73 Å². The zero-order valence-electron chi connectivity index (χ0n) is 7.98. The van der Waals surface area contributed by atoms with Crippen molar-refractivity contribution in [2.45, 2.75) is 0 Å². The molecule has 0 saturated heterocycles. The third kappa shape index (κ3) is 18.2. The van der Waals surface area contributed by atoms with Gasteiger partial charge in [-0.05, 0) is 9.39 Å². The minimum absolute atomic E-state index is 0.